The molecule has 1 amide bonds. The number of benzene rings is 1. The molecule has 2 saturated carbocycles. The summed E-state index contributed by atoms with van der Waals surface area (Å²) in [5.41, 5.74) is 1.89. The van der Waals surface area contributed by atoms with Crippen LogP contribution in [-0.4, -0.2) is 14.3 Å². The van der Waals surface area contributed by atoms with Gasteiger partial charge in [-0.2, -0.15) is 0 Å². The lowest BCUT2D eigenvalue weighted by molar-refractivity contribution is -0.134. The van der Waals surface area contributed by atoms with Crippen LogP contribution < -0.4 is 4.72 Å². The third-order valence-corrected chi connectivity index (χ3v) is 6.50. The molecular weight excluding hydrogens is 286 g/mol. The van der Waals surface area contributed by atoms with Gasteiger partial charge in [0.1, 0.15) is 0 Å². The average Bonchev–Trinajstić information content (AvgIpc) is 2.27. The number of sulfonamides is 1. The summed E-state index contributed by atoms with van der Waals surface area (Å²) in [6, 6.07) is 5.24. The summed E-state index contributed by atoms with van der Waals surface area (Å²) in [6.07, 6.45) is 5.33. The Bertz CT molecular complexity index is 681. The largest absolute Gasteiger partial charge is 0.274 e. The highest BCUT2D eigenvalue weighted by molar-refractivity contribution is 7.90. The Balaban J connectivity index is 1.71. The fourth-order valence-electron chi connectivity index (χ4n) is 3.52. The van der Waals surface area contributed by atoms with Crippen LogP contribution in [0.1, 0.15) is 43.2 Å². The fourth-order valence-corrected chi connectivity index (χ4v) is 4.90. The summed E-state index contributed by atoms with van der Waals surface area (Å²) in [4.78, 5) is 12.4. The zero-order valence-corrected chi connectivity index (χ0v) is 13.3. The third-order valence-electron chi connectivity index (χ3n) is 5.01. The molecule has 1 aromatic rings. The second kappa shape index (κ2) is 4.83. The van der Waals surface area contributed by atoms with Gasteiger partial charge in [0.05, 0.1) is 4.90 Å². The van der Waals surface area contributed by atoms with E-state index >= 15 is 0 Å². The van der Waals surface area contributed by atoms with Crippen molar-refractivity contribution < 1.29 is 13.2 Å². The lowest BCUT2D eigenvalue weighted by atomic mass is 9.52. The van der Waals surface area contributed by atoms with E-state index in [0.29, 0.717) is 11.0 Å². The number of nitrogens with one attached hydrogen (secondary N) is 1. The summed E-state index contributed by atoms with van der Waals surface area (Å²) in [6.45, 7) is 3.58. The minimum absolute atomic E-state index is 0.134. The third kappa shape index (κ3) is 2.59. The molecule has 1 aromatic carbocycles. The van der Waals surface area contributed by atoms with Crippen LogP contribution in [-0.2, 0) is 14.8 Å². The van der Waals surface area contributed by atoms with E-state index < -0.39 is 10.0 Å². The number of amides is 1. The second-order valence-electron chi connectivity index (χ2n) is 6.70. The minimum Gasteiger partial charge on any atom is -0.274 e. The molecule has 21 heavy (non-hydrogen) atoms. The lowest BCUT2D eigenvalue weighted by Gasteiger charge is -2.53. The first-order chi connectivity index (χ1) is 9.81. The first-order valence-electron chi connectivity index (χ1n) is 7.45. The molecule has 114 valence electrons. The summed E-state index contributed by atoms with van der Waals surface area (Å²) in [7, 11) is -3.76. The molecule has 0 atom stereocenters. The molecule has 4 nitrogen and oxygen atoms in total. The molecule has 0 aliphatic heterocycles. The molecule has 2 aliphatic carbocycles. The van der Waals surface area contributed by atoms with Gasteiger partial charge < -0.3 is 0 Å². The molecule has 1 N–H and O–H groups in total. The Hall–Kier alpha value is -1.36. The number of hydrogen-bond donors (Lipinski definition) is 1. The van der Waals surface area contributed by atoms with Crippen molar-refractivity contribution >= 4 is 15.9 Å². The van der Waals surface area contributed by atoms with E-state index in [1.165, 1.54) is 19.3 Å². The summed E-state index contributed by atoms with van der Waals surface area (Å²) in [5.74, 6) is -0.473. The van der Waals surface area contributed by atoms with Gasteiger partial charge >= 0.3 is 0 Å². The molecule has 0 heterocycles. The summed E-state index contributed by atoms with van der Waals surface area (Å²) in [5, 5.41) is 0. The van der Waals surface area contributed by atoms with Crippen LogP contribution in [0.4, 0.5) is 0 Å². The van der Waals surface area contributed by atoms with Gasteiger partial charge in [0.25, 0.3) is 10.0 Å². The molecule has 3 rings (SSSR count). The Morgan fingerprint density at radius 2 is 1.90 bits per heavy atom. The monoisotopic (exact) mass is 307 g/mol. The van der Waals surface area contributed by atoms with Crippen molar-refractivity contribution in [3.63, 3.8) is 0 Å². The highest BCUT2D eigenvalue weighted by Gasteiger charge is 2.51. The molecular formula is C16H21NO3S. The first kappa shape index (κ1) is 14.6. The van der Waals surface area contributed by atoms with Crippen LogP contribution in [0.2, 0.25) is 0 Å². The van der Waals surface area contributed by atoms with E-state index in [-0.39, 0.29) is 16.7 Å². The normalized spacial score (nSPS) is 20.7. The van der Waals surface area contributed by atoms with Crippen LogP contribution in [0.3, 0.4) is 0 Å². The zero-order chi connectivity index (χ0) is 15.3. The van der Waals surface area contributed by atoms with Crippen LogP contribution in [0.15, 0.2) is 23.1 Å². The number of carbonyl (C=O) groups excluding carboxylic acids is 1. The summed E-state index contributed by atoms with van der Waals surface area (Å²) >= 11 is 0. The quantitative estimate of drug-likeness (QED) is 0.934. The Labute approximate surface area is 126 Å². The molecule has 2 aliphatic rings. The van der Waals surface area contributed by atoms with Crippen molar-refractivity contribution in [1.29, 1.82) is 0 Å². The zero-order valence-electron chi connectivity index (χ0n) is 12.5. The van der Waals surface area contributed by atoms with E-state index in [0.717, 1.165) is 18.4 Å². The standard InChI is InChI=1S/C16H21NO3S/c1-11-4-5-12(2)14(8-11)21(19,20)17-15(18)13-9-16(10-13)6-3-7-16/h4-5,8,13H,3,6-7,9-10H2,1-2H3,(H,17,18). The van der Waals surface area contributed by atoms with Gasteiger partial charge in [0, 0.05) is 5.92 Å². The van der Waals surface area contributed by atoms with Crippen molar-refractivity contribution in [2.45, 2.75) is 50.8 Å². The van der Waals surface area contributed by atoms with E-state index in [4.69, 9.17) is 0 Å². The lowest BCUT2D eigenvalue weighted by Crippen LogP contribution is -2.49. The number of carbonyl (C=O) groups is 1. The van der Waals surface area contributed by atoms with Gasteiger partial charge in [-0.25, -0.2) is 13.1 Å². The maximum atomic E-state index is 12.4. The molecule has 0 aromatic heterocycles. The van der Waals surface area contributed by atoms with Crippen molar-refractivity contribution in [3.05, 3.63) is 29.3 Å². The predicted molar refractivity (Wildman–Crippen MR) is 80.3 cm³/mol. The number of rotatable bonds is 3. The number of hydrogen-bond acceptors (Lipinski definition) is 3. The Morgan fingerprint density at radius 3 is 2.48 bits per heavy atom. The van der Waals surface area contributed by atoms with Crippen molar-refractivity contribution in [2.24, 2.45) is 11.3 Å². The van der Waals surface area contributed by atoms with Gasteiger partial charge in [-0.05, 0) is 62.1 Å². The average molecular weight is 307 g/mol. The Kier molecular flexibility index (Phi) is 3.35. The van der Waals surface area contributed by atoms with Gasteiger partial charge in [0.2, 0.25) is 5.91 Å². The molecule has 5 heteroatoms. The van der Waals surface area contributed by atoms with E-state index in [9.17, 15) is 13.2 Å². The van der Waals surface area contributed by atoms with Crippen molar-refractivity contribution in [1.82, 2.24) is 4.72 Å². The van der Waals surface area contributed by atoms with Crippen LogP contribution in [0.25, 0.3) is 0 Å². The van der Waals surface area contributed by atoms with Crippen LogP contribution >= 0.6 is 0 Å². The molecule has 0 saturated heterocycles. The van der Waals surface area contributed by atoms with Gasteiger partial charge in [0.15, 0.2) is 0 Å². The molecule has 0 bridgehead atoms. The smallest absolute Gasteiger partial charge is 0.264 e. The maximum absolute atomic E-state index is 12.4. The van der Waals surface area contributed by atoms with Gasteiger partial charge in [-0.1, -0.05) is 18.6 Å². The SMILES string of the molecule is Cc1ccc(C)c(S(=O)(=O)NC(=O)C2CC3(CCC3)C2)c1. The molecule has 1 spiro atoms. The summed E-state index contributed by atoms with van der Waals surface area (Å²) < 4.78 is 27.0. The molecule has 2 fully saturated rings. The highest BCUT2D eigenvalue weighted by atomic mass is 32.2. The topological polar surface area (TPSA) is 63.2 Å². The van der Waals surface area contributed by atoms with E-state index in [2.05, 4.69) is 4.72 Å². The van der Waals surface area contributed by atoms with Crippen molar-refractivity contribution in [3.8, 4) is 0 Å². The second-order valence-corrected chi connectivity index (χ2v) is 8.35. The van der Waals surface area contributed by atoms with Crippen LogP contribution in [0, 0.1) is 25.2 Å². The van der Waals surface area contributed by atoms with Gasteiger partial charge in [-0.3, -0.25) is 4.79 Å². The maximum Gasteiger partial charge on any atom is 0.264 e. The highest BCUT2D eigenvalue weighted by Crippen LogP contribution is 2.58. The van der Waals surface area contributed by atoms with E-state index in [1.54, 1.807) is 19.1 Å². The van der Waals surface area contributed by atoms with Crippen LogP contribution in [0.5, 0.6) is 0 Å². The van der Waals surface area contributed by atoms with E-state index in [1.807, 2.05) is 13.0 Å². The first-order valence-corrected chi connectivity index (χ1v) is 8.94. The predicted octanol–water partition coefficient (Wildman–Crippen LogP) is 2.69. The number of aryl methyl sites for hydroxylation is 2. The molecule has 0 radical (unpaired) electrons. The fraction of sp³-hybridized carbons (Fsp3) is 0.562. The van der Waals surface area contributed by atoms with Gasteiger partial charge in [-0.15, -0.1) is 0 Å². The molecule has 0 unspecified atom stereocenters. The minimum atomic E-state index is -3.76. The Morgan fingerprint density at radius 1 is 1.24 bits per heavy atom. The van der Waals surface area contributed by atoms with Crippen molar-refractivity contribution in [2.75, 3.05) is 0 Å².